The highest BCUT2D eigenvalue weighted by atomic mass is 32.2. The Labute approximate surface area is 151 Å². The number of carbonyl (C=O) groups is 2. The number of carbonyl (C=O) groups excluding carboxylic acids is 2. The summed E-state index contributed by atoms with van der Waals surface area (Å²) in [7, 11) is -0.778. The third kappa shape index (κ3) is 4.64. The summed E-state index contributed by atoms with van der Waals surface area (Å²) in [5.74, 6) is -1.22. The second-order valence-electron chi connectivity index (χ2n) is 5.62. The monoisotopic (exact) mass is 377 g/mol. The lowest BCUT2D eigenvalue weighted by molar-refractivity contribution is -0.119. The van der Waals surface area contributed by atoms with E-state index in [4.69, 9.17) is 4.74 Å². The Morgan fingerprint density at radius 3 is 2.42 bits per heavy atom. The van der Waals surface area contributed by atoms with E-state index in [2.05, 4.69) is 10.3 Å². The number of rotatable bonds is 6. The molecular weight excluding hydrogens is 358 g/mol. The summed E-state index contributed by atoms with van der Waals surface area (Å²) in [6.07, 6.45) is 2.88. The maximum absolute atomic E-state index is 12.2. The van der Waals surface area contributed by atoms with Crippen molar-refractivity contribution in [3.8, 4) is 0 Å². The highest BCUT2D eigenvalue weighted by Gasteiger charge is 2.19. The van der Waals surface area contributed by atoms with Gasteiger partial charge in [-0.15, -0.1) is 0 Å². The van der Waals surface area contributed by atoms with E-state index in [-0.39, 0.29) is 10.5 Å². The molecule has 0 fully saturated rings. The highest BCUT2D eigenvalue weighted by Crippen LogP contribution is 2.22. The highest BCUT2D eigenvalue weighted by molar-refractivity contribution is 7.89. The summed E-state index contributed by atoms with van der Waals surface area (Å²) >= 11 is 0. The van der Waals surface area contributed by atoms with Crippen molar-refractivity contribution in [3.05, 3.63) is 53.9 Å². The van der Waals surface area contributed by atoms with Gasteiger partial charge in [0.2, 0.25) is 10.0 Å². The Morgan fingerprint density at radius 2 is 1.81 bits per heavy atom. The number of pyridine rings is 1. The van der Waals surface area contributed by atoms with E-state index >= 15 is 0 Å². The molecule has 8 nitrogen and oxygen atoms in total. The molecule has 0 aliphatic rings. The number of sulfonamides is 1. The third-order valence-electron chi connectivity index (χ3n) is 3.51. The van der Waals surface area contributed by atoms with Gasteiger partial charge in [0.25, 0.3) is 5.91 Å². The minimum atomic E-state index is -3.62. The average molecular weight is 377 g/mol. The number of benzene rings is 1. The number of ether oxygens (including phenoxy) is 1. The van der Waals surface area contributed by atoms with Crippen LogP contribution in [0.1, 0.15) is 15.9 Å². The number of aryl methyl sites for hydroxylation is 1. The molecule has 1 N–H and O–H groups in total. The molecule has 1 aromatic carbocycles. The van der Waals surface area contributed by atoms with Crippen LogP contribution in [0.25, 0.3) is 0 Å². The smallest absolute Gasteiger partial charge is 0.338 e. The summed E-state index contributed by atoms with van der Waals surface area (Å²) in [4.78, 5) is 27.7. The molecule has 9 heteroatoms. The van der Waals surface area contributed by atoms with Crippen LogP contribution < -0.4 is 5.32 Å². The largest absolute Gasteiger partial charge is 0.452 e. The molecular formula is C17H19N3O5S. The van der Waals surface area contributed by atoms with Gasteiger partial charge in [0.1, 0.15) is 0 Å². The first kappa shape index (κ1) is 19.5. The molecule has 0 aliphatic carbocycles. The lowest BCUT2D eigenvalue weighted by Crippen LogP contribution is -2.23. The summed E-state index contributed by atoms with van der Waals surface area (Å²) < 4.78 is 30.4. The van der Waals surface area contributed by atoms with E-state index in [1.54, 1.807) is 13.0 Å². The molecule has 1 amide bonds. The number of anilines is 1. The number of amides is 1. The predicted molar refractivity (Wildman–Crippen MR) is 95.2 cm³/mol. The number of hydrogen-bond acceptors (Lipinski definition) is 6. The van der Waals surface area contributed by atoms with E-state index in [0.717, 1.165) is 4.31 Å². The molecule has 0 unspecified atom stereocenters. The van der Waals surface area contributed by atoms with E-state index < -0.39 is 28.5 Å². The fourth-order valence-electron chi connectivity index (χ4n) is 2.00. The van der Waals surface area contributed by atoms with E-state index in [9.17, 15) is 18.0 Å². The van der Waals surface area contributed by atoms with Gasteiger partial charge in [-0.1, -0.05) is 6.07 Å². The van der Waals surface area contributed by atoms with Crippen molar-refractivity contribution in [1.82, 2.24) is 9.29 Å². The molecule has 1 heterocycles. The minimum Gasteiger partial charge on any atom is -0.452 e. The maximum Gasteiger partial charge on any atom is 0.338 e. The van der Waals surface area contributed by atoms with Crippen LogP contribution in [0.4, 0.5) is 5.69 Å². The standard InChI is InChI=1S/C17H19N3O5S/c1-12-4-5-14(26(23,24)20(2)3)10-15(12)19-16(21)11-25-17(22)13-6-8-18-9-7-13/h4-10H,11H2,1-3H3,(H,19,21). The Balaban J connectivity index is 2.06. The molecule has 26 heavy (non-hydrogen) atoms. The Hall–Kier alpha value is -2.78. The molecule has 138 valence electrons. The summed E-state index contributed by atoms with van der Waals surface area (Å²) in [5.41, 5.74) is 1.29. The number of aromatic nitrogens is 1. The van der Waals surface area contributed by atoms with Gasteiger partial charge in [0.05, 0.1) is 10.5 Å². The van der Waals surface area contributed by atoms with Gasteiger partial charge in [-0.05, 0) is 36.8 Å². The topological polar surface area (TPSA) is 106 Å². The lowest BCUT2D eigenvalue weighted by Gasteiger charge is -2.14. The fourth-order valence-corrected chi connectivity index (χ4v) is 2.92. The molecule has 0 atom stereocenters. The maximum atomic E-state index is 12.2. The van der Waals surface area contributed by atoms with Crippen molar-refractivity contribution in [1.29, 1.82) is 0 Å². The van der Waals surface area contributed by atoms with E-state index in [0.29, 0.717) is 11.3 Å². The zero-order valence-electron chi connectivity index (χ0n) is 14.6. The molecule has 0 saturated carbocycles. The van der Waals surface area contributed by atoms with Gasteiger partial charge in [-0.2, -0.15) is 0 Å². The van der Waals surface area contributed by atoms with Crippen LogP contribution >= 0.6 is 0 Å². The Morgan fingerprint density at radius 1 is 1.15 bits per heavy atom. The summed E-state index contributed by atoms with van der Waals surface area (Å²) in [6.45, 7) is 1.23. The third-order valence-corrected chi connectivity index (χ3v) is 5.32. The first-order valence-corrected chi connectivity index (χ1v) is 9.06. The van der Waals surface area contributed by atoms with Gasteiger partial charge >= 0.3 is 5.97 Å². The molecule has 0 saturated heterocycles. The molecule has 0 bridgehead atoms. The van der Waals surface area contributed by atoms with Crippen molar-refractivity contribution < 1.29 is 22.7 Å². The summed E-state index contributed by atoms with van der Waals surface area (Å²) in [5, 5.41) is 2.56. The van der Waals surface area contributed by atoms with Crippen molar-refractivity contribution >= 4 is 27.6 Å². The van der Waals surface area contributed by atoms with Gasteiger partial charge in [0.15, 0.2) is 6.61 Å². The van der Waals surface area contributed by atoms with Gasteiger partial charge < -0.3 is 10.1 Å². The van der Waals surface area contributed by atoms with Crippen molar-refractivity contribution in [2.45, 2.75) is 11.8 Å². The number of nitrogens with one attached hydrogen (secondary N) is 1. The van der Waals surface area contributed by atoms with E-state index in [1.807, 2.05) is 0 Å². The first-order chi connectivity index (χ1) is 12.2. The number of nitrogens with zero attached hydrogens (tertiary/aromatic N) is 2. The lowest BCUT2D eigenvalue weighted by atomic mass is 10.2. The van der Waals surface area contributed by atoms with Crippen molar-refractivity contribution in [2.75, 3.05) is 26.0 Å². The molecule has 0 spiro atoms. The van der Waals surface area contributed by atoms with Crippen molar-refractivity contribution in [2.24, 2.45) is 0 Å². The van der Waals surface area contributed by atoms with Crippen LogP contribution in [0.15, 0.2) is 47.6 Å². The molecule has 2 rings (SSSR count). The van der Waals surface area contributed by atoms with Crippen LogP contribution in [0.5, 0.6) is 0 Å². The van der Waals surface area contributed by atoms with Crippen LogP contribution in [-0.4, -0.2) is 50.3 Å². The van der Waals surface area contributed by atoms with Crippen LogP contribution in [0.2, 0.25) is 0 Å². The number of hydrogen-bond donors (Lipinski definition) is 1. The first-order valence-electron chi connectivity index (χ1n) is 7.62. The number of esters is 1. The molecule has 0 aliphatic heterocycles. The Kier molecular flexibility index (Phi) is 6.06. The SMILES string of the molecule is Cc1ccc(S(=O)(=O)N(C)C)cc1NC(=O)COC(=O)c1ccncc1. The summed E-state index contributed by atoms with van der Waals surface area (Å²) in [6, 6.07) is 7.37. The van der Waals surface area contributed by atoms with Gasteiger partial charge in [0, 0.05) is 32.2 Å². The van der Waals surface area contributed by atoms with Crippen LogP contribution in [-0.2, 0) is 19.6 Å². The second-order valence-corrected chi connectivity index (χ2v) is 7.78. The van der Waals surface area contributed by atoms with Crippen LogP contribution in [0.3, 0.4) is 0 Å². The quantitative estimate of drug-likeness (QED) is 0.764. The van der Waals surface area contributed by atoms with Crippen molar-refractivity contribution in [3.63, 3.8) is 0 Å². The van der Waals surface area contributed by atoms with Crippen LogP contribution in [0, 0.1) is 6.92 Å². The predicted octanol–water partition coefficient (Wildman–Crippen LogP) is 1.44. The fraction of sp³-hybridized carbons (Fsp3) is 0.235. The molecule has 2 aromatic rings. The Bertz CT molecular complexity index is 911. The van der Waals surface area contributed by atoms with Gasteiger partial charge in [-0.25, -0.2) is 17.5 Å². The van der Waals surface area contributed by atoms with Gasteiger partial charge in [-0.3, -0.25) is 9.78 Å². The molecule has 1 aromatic heterocycles. The average Bonchev–Trinajstić information content (AvgIpc) is 2.62. The second kappa shape index (κ2) is 8.07. The normalized spacial score (nSPS) is 11.2. The molecule has 0 radical (unpaired) electrons. The minimum absolute atomic E-state index is 0.0529. The zero-order chi connectivity index (χ0) is 19.3. The zero-order valence-corrected chi connectivity index (χ0v) is 15.4. The van der Waals surface area contributed by atoms with E-state index in [1.165, 1.54) is 50.8 Å².